The molecule has 0 unspecified atom stereocenters. The fourth-order valence-electron chi connectivity index (χ4n) is 1.46. The Kier molecular flexibility index (Phi) is 6.10. The molecule has 1 aromatic carbocycles. The Bertz CT molecular complexity index is 396. The van der Waals surface area contributed by atoms with Crippen LogP contribution in [0.5, 0.6) is 5.75 Å². The number of nitro groups is 1. The average molecular weight is 254 g/mol. The molecule has 0 fully saturated rings. The zero-order valence-electron chi connectivity index (χ0n) is 10.4. The Hall–Kier alpha value is -1.66. The highest BCUT2D eigenvalue weighted by molar-refractivity contribution is 5.43. The Labute approximate surface area is 106 Å². The van der Waals surface area contributed by atoms with Gasteiger partial charge in [0, 0.05) is 37.3 Å². The van der Waals surface area contributed by atoms with Crippen LogP contribution in [0.3, 0.4) is 0 Å². The van der Waals surface area contributed by atoms with E-state index in [0.29, 0.717) is 25.3 Å². The molecule has 6 nitrogen and oxygen atoms in total. The van der Waals surface area contributed by atoms with Gasteiger partial charge in [0.2, 0.25) is 0 Å². The summed E-state index contributed by atoms with van der Waals surface area (Å²) in [6.45, 7) is 3.72. The van der Waals surface area contributed by atoms with E-state index in [1.54, 1.807) is 6.07 Å². The maximum atomic E-state index is 10.7. The summed E-state index contributed by atoms with van der Waals surface area (Å²) in [5.74, 6) is 0.620. The van der Waals surface area contributed by atoms with Crippen LogP contribution in [0.15, 0.2) is 18.2 Å². The largest absolute Gasteiger partial charge is 0.493 e. The summed E-state index contributed by atoms with van der Waals surface area (Å²) in [5, 5.41) is 22.5. The molecule has 1 aromatic rings. The molecule has 0 aromatic heterocycles. The van der Waals surface area contributed by atoms with E-state index in [4.69, 9.17) is 9.84 Å². The molecule has 0 aliphatic carbocycles. The second-order valence-corrected chi connectivity index (χ2v) is 3.76. The van der Waals surface area contributed by atoms with Crippen molar-refractivity contribution in [2.24, 2.45) is 0 Å². The monoisotopic (exact) mass is 254 g/mol. The Morgan fingerprint density at radius 1 is 1.50 bits per heavy atom. The Balaban J connectivity index is 2.82. The average Bonchev–Trinajstić information content (AvgIpc) is 2.37. The van der Waals surface area contributed by atoms with Crippen LogP contribution in [0, 0.1) is 10.1 Å². The number of ether oxygens (including phenoxy) is 1. The first-order chi connectivity index (χ1) is 8.69. The molecule has 0 aliphatic heterocycles. The quantitative estimate of drug-likeness (QED) is 0.417. The van der Waals surface area contributed by atoms with Gasteiger partial charge in [-0.1, -0.05) is 6.92 Å². The standard InChI is InChI=1S/C12H18N2O4/c1-2-13-9-10-8-11(14(16)17)4-5-12(10)18-7-3-6-15/h4-5,8,13,15H,2-3,6-7,9H2,1H3. The number of benzene rings is 1. The van der Waals surface area contributed by atoms with Gasteiger partial charge < -0.3 is 15.2 Å². The number of rotatable bonds is 8. The van der Waals surface area contributed by atoms with Crippen LogP contribution in [0.2, 0.25) is 0 Å². The van der Waals surface area contributed by atoms with Crippen molar-refractivity contribution in [3.8, 4) is 5.75 Å². The summed E-state index contributed by atoms with van der Waals surface area (Å²) >= 11 is 0. The number of non-ortho nitro benzene ring substituents is 1. The number of nitro benzene ring substituents is 1. The van der Waals surface area contributed by atoms with Gasteiger partial charge in [0.05, 0.1) is 11.5 Å². The van der Waals surface area contributed by atoms with E-state index in [-0.39, 0.29) is 12.3 Å². The van der Waals surface area contributed by atoms with Crippen molar-refractivity contribution in [2.45, 2.75) is 19.9 Å². The topological polar surface area (TPSA) is 84.6 Å². The van der Waals surface area contributed by atoms with Gasteiger partial charge in [0.15, 0.2) is 0 Å². The number of aliphatic hydroxyl groups is 1. The summed E-state index contributed by atoms with van der Waals surface area (Å²) in [5.41, 5.74) is 0.807. The van der Waals surface area contributed by atoms with Crippen LogP contribution in [0.4, 0.5) is 5.69 Å². The molecule has 0 radical (unpaired) electrons. The van der Waals surface area contributed by atoms with Crippen LogP contribution in [0.1, 0.15) is 18.9 Å². The Morgan fingerprint density at radius 2 is 2.28 bits per heavy atom. The van der Waals surface area contributed by atoms with Gasteiger partial charge in [0.25, 0.3) is 5.69 Å². The van der Waals surface area contributed by atoms with E-state index in [2.05, 4.69) is 5.32 Å². The van der Waals surface area contributed by atoms with E-state index < -0.39 is 4.92 Å². The minimum absolute atomic E-state index is 0.0532. The lowest BCUT2D eigenvalue weighted by Crippen LogP contribution is -2.13. The van der Waals surface area contributed by atoms with Crippen molar-refractivity contribution >= 4 is 5.69 Å². The molecule has 18 heavy (non-hydrogen) atoms. The molecule has 0 saturated carbocycles. The van der Waals surface area contributed by atoms with Gasteiger partial charge in [0.1, 0.15) is 5.75 Å². The molecule has 1 rings (SSSR count). The normalized spacial score (nSPS) is 10.3. The number of nitrogens with one attached hydrogen (secondary N) is 1. The van der Waals surface area contributed by atoms with Gasteiger partial charge in [-0.3, -0.25) is 10.1 Å². The third-order valence-corrected chi connectivity index (χ3v) is 2.38. The van der Waals surface area contributed by atoms with E-state index in [1.165, 1.54) is 12.1 Å². The minimum Gasteiger partial charge on any atom is -0.493 e. The maximum absolute atomic E-state index is 10.7. The van der Waals surface area contributed by atoms with E-state index in [1.807, 2.05) is 6.92 Å². The lowest BCUT2D eigenvalue weighted by molar-refractivity contribution is -0.384. The van der Waals surface area contributed by atoms with Crippen molar-refractivity contribution in [1.29, 1.82) is 0 Å². The van der Waals surface area contributed by atoms with E-state index in [0.717, 1.165) is 12.1 Å². The summed E-state index contributed by atoms with van der Waals surface area (Å²) in [7, 11) is 0. The molecule has 0 amide bonds. The number of hydrogen-bond acceptors (Lipinski definition) is 5. The van der Waals surface area contributed by atoms with Gasteiger partial charge >= 0.3 is 0 Å². The van der Waals surface area contributed by atoms with Crippen LogP contribution in [-0.4, -0.2) is 29.8 Å². The molecule has 0 aliphatic rings. The molecule has 0 spiro atoms. The summed E-state index contributed by atoms with van der Waals surface area (Å²) < 4.78 is 5.49. The molecule has 6 heteroatoms. The van der Waals surface area contributed by atoms with Crippen molar-refractivity contribution in [1.82, 2.24) is 5.32 Å². The third kappa shape index (κ3) is 4.31. The predicted molar refractivity (Wildman–Crippen MR) is 67.7 cm³/mol. The van der Waals surface area contributed by atoms with Crippen molar-refractivity contribution in [3.05, 3.63) is 33.9 Å². The molecule has 0 atom stereocenters. The molecular weight excluding hydrogens is 236 g/mol. The fourth-order valence-corrected chi connectivity index (χ4v) is 1.46. The van der Waals surface area contributed by atoms with Gasteiger partial charge in [-0.15, -0.1) is 0 Å². The van der Waals surface area contributed by atoms with Crippen LogP contribution in [0.25, 0.3) is 0 Å². The molecular formula is C12H18N2O4. The third-order valence-electron chi connectivity index (χ3n) is 2.38. The number of hydrogen-bond donors (Lipinski definition) is 2. The van der Waals surface area contributed by atoms with Gasteiger partial charge in [-0.05, 0) is 12.6 Å². The first-order valence-electron chi connectivity index (χ1n) is 5.90. The first kappa shape index (κ1) is 14.4. The molecule has 2 N–H and O–H groups in total. The van der Waals surface area contributed by atoms with Crippen molar-refractivity contribution < 1.29 is 14.8 Å². The Morgan fingerprint density at radius 3 is 2.89 bits per heavy atom. The second-order valence-electron chi connectivity index (χ2n) is 3.76. The molecule has 0 bridgehead atoms. The SMILES string of the molecule is CCNCc1cc([N+](=O)[O-])ccc1OCCCO. The zero-order valence-corrected chi connectivity index (χ0v) is 10.4. The smallest absolute Gasteiger partial charge is 0.270 e. The summed E-state index contributed by atoms with van der Waals surface area (Å²) in [6.07, 6.45) is 0.539. The van der Waals surface area contributed by atoms with Crippen molar-refractivity contribution in [2.75, 3.05) is 19.8 Å². The lowest BCUT2D eigenvalue weighted by Gasteiger charge is -2.11. The highest BCUT2D eigenvalue weighted by Crippen LogP contribution is 2.24. The van der Waals surface area contributed by atoms with E-state index >= 15 is 0 Å². The van der Waals surface area contributed by atoms with Crippen LogP contribution < -0.4 is 10.1 Å². The maximum Gasteiger partial charge on any atom is 0.270 e. The fraction of sp³-hybridized carbons (Fsp3) is 0.500. The number of nitrogens with zero attached hydrogens (tertiary/aromatic N) is 1. The van der Waals surface area contributed by atoms with Gasteiger partial charge in [-0.25, -0.2) is 0 Å². The molecule has 0 saturated heterocycles. The van der Waals surface area contributed by atoms with Crippen LogP contribution >= 0.6 is 0 Å². The minimum atomic E-state index is -0.424. The second kappa shape index (κ2) is 7.62. The highest BCUT2D eigenvalue weighted by atomic mass is 16.6. The summed E-state index contributed by atoms with van der Waals surface area (Å²) in [4.78, 5) is 10.3. The van der Waals surface area contributed by atoms with E-state index in [9.17, 15) is 10.1 Å². The van der Waals surface area contributed by atoms with Crippen molar-refractivity contribution in [3.63, 3.8) is 0 Å². The zero-order chi connectivity index (χ0) is 13.4. The predicted octanol–water partition coefficient (Wildman–Crippen LogP) is 1.47. The van der Waals surface area contributed by atoms with Crippen LogP contribution in [-0.2, 0) is 6.54 Å². The van der Waals surface area contributed by atoms with Gasteiger partial charge in [-0.2, -0.15) is 0 Å². The summed E-state index contributed by atoms with van der Waals surface area (Å²) in [6, 6.07) is 4.53. The first-order valence-corrected chi connectivity index (χ1v) is 5.90. The highest BCUT2D eigenvalue weighted by Gasteiger charge is 2.11. The molecule has 0 heterocycles. The molecule has 100 valence electrons. The lowest BCUT2D eigenvalue weighted by atomic mass is 10.1. The number of aliphatic hydroxyl groups excluding tert-OH is 1.